The molecule has 0 unspecified atom stereocenters. The fourth-order valence-electron chi connectivity index (χ4n) is 3.59. The van der Waals surface area contributed by atoms with Crippen LogP contribution in [0, 0.1) is 23.0 Å². The van der Waals surface area contributed by atoms with Crippen molar-refractivity contribution in [2.24, 2.45) is 5.92 Å². The Hall–Kier alpha value is -1.66. The maximum absolute atomic E-state index is 11.5. The number of hydrogen-bond acceptors (Lipinski definition) is 5. The molecule has 2 aliphatic rings. The largest absolute Gasteiger partial charge is 0.507 e. The van der Waals surface area contributed by atoms with E-state index in [2.05, 4.69) is 10.2 Å². The van der Waals surface area contributed by atoms with Crippen molar-refractivity contribution < 1.29 is 10.0 Å². The van der Waals surface area contributed by atoms with E-state index >= 15 is 0 Å². The number of aromatic hydroxyl groups is 1. The van der Waals surface area contributed by atoms with Crippen LogP contribution in [0.1, 0.15) is 36.4 Å². The zero-order chi connectivity index (χ0) is 15.7. The number of phenolic OH excluding ortho intramolecular Hbond substituents is 1. The van der Waals surface area contributed by atoms with Crippen LogP contribution >= 0.6 is 0 Å². The van der Waals surface area contributed by atoms with Gasteiger partial charge in [0.2, 0.25) is 0 Å². The molecule has 3 rings (SSSR count). The van der Waals surface area contributed by atoms with Crippen LogP contribution < -0.4 is 5.32 Å². The Bertz CT molecular complexity index is 566. The van der Waals surface area contributed by atoms with E-state index in [0.717, 1.165) is 39.0 Å². The predicted octanol–water partition coefficient (Wildman–Crippen LogP) is 2.36. The molecule has 22 heavy (non-hydrogen) atoms. The predicted molar refractivity (Wildman–Crippen MR) is 84.0 cm³/mol. The second-order valence-electron chi connectivity index (χ2n) is 6.34. The molecule has 0 aromatic heterocycles. The summed E-state index contributed by atoms with van der Waals surface area (Å²) in [5.74, 6) is 0.508. The van der Waals surface area contributed by atoms with Crippen LogP contribution in [0.4, 0.5) is 5.69 Å². The van der Waals surface area contributed by atoms with E-state index in [1.54, 1.807) is 13.0 Å². The van der Waals surface area contributed by atoms with Gasteiger partial charge in [0.15, 0.2) is 0 Å². The topological polar surface area (TPSA) is 78.6 Å². The van der Waals surface area contributed by atoms with Crippen molar-refractivity contribution in [1.82, 2.24) is 10.2 Å². The number of aryl methyl sites for hydroxylation is 1. The van der Waals surface area contributed by atoms with Crippen LogP contribution in [0.15, 0.2) is 12.1 Å². The first-order valence-corrected chi connectivity index (χ1v) is 8.01. The Morgan fingerprint density at radius 3 is 2.59 bits per heavy atom. The van der Waals surface area contributed by atoms with Gasteiger partial charge in [-0.25, -0.2) is 0 Å². The van der Waals surface area contributed by atoms with Crippen molar-refractivity contribution in [3.05, 3.63) is 33.4 Å². The first-order valence-electron chi connectivity index (χ1n) is 8.01. The lowest BCUT2D eigenvalue weighted by Crippen LogP contribution is -2.48. The van der Waals surface area contributed by atoms with Crippen LogP contribution in [0.25, 0.3) is 0 Å². The summed E-state index contributed by atoms with van der Waals surface area (Å²) >= 11 is 0. The molecule has 2 N–H and O–H groups in total. The number of nitro benzene ring substituents is 1. The number of nitrogens with one attached hydrogen (secondary N) is 1. The average Bonchev–Trinajstić information content (AvgIpc) is 2.46. The van der Waals surface area contributed by atoms with E-state index in [4.69, 9.17) is 0 Å². The molecule has 1 saturated heterocycles. The van der Waals surface area contributed by atoms with Crippen molar-refractivity contribution in [3.8, 4) is 5.75 Å². The Morgan fingerprint density at radius 1 is 1.36 bits per heavy atom. The number of nitro groups is 1. The number of rotatable bonds is 4. The molecule has 1 aliphatic heterocycles. The molecule has 1 heterocycles. The number of phenols is 1. The molecule has 120 valence electrons. The SMILES string of the molecule is Cc1ccc([N+](=O)[O-])c([C@H](C2CCC2)N2CCNCC2)c1O. The molecule has 0 amide bonds. The van der Waals surface area contributed by atoms with Gasteiger partial charge in [-0.3, -0.25) is 15.0 Å². The van der Waals surface area contributed by atoms with Crippen molar-refractivity contribution in [2.45, 2.75) is 32.2 Å². The molecule has 1 aliphatic carbocycles. The number of piperazine rings is 1. The minimum atomic E-state index is -0.359. The van der Waals surface area contributed by atoms with Gasteiger partial charge in [0.1, 0.15) is 5.75 Å². The highest BCUT2D eigenvalue weighted by Crippen LogP contribution is 2.48. The highest BCUT2D eigenvalue weighted by atomic mass is 16.6. The Balaban J connectivity index is 2.06. The van der Waals surface area contributed by atoms with Crippen molar-refractivity contribution >= 4 is 5.69 Å². The molecule has 6 heteroatoms. The van der Waals surface area contributed by atoms with E-state index < -0.39 is 0 Å². The van der Waals surface area contributed by atoms with Crippen molar-refractivity contribution in [1.29, 1.82) is 0 Å². The van der Waals surface area contributed by atoms with Gasteiger partial charge in [-0.1, -0.05) is 6.42 Å². The summed E-state index contributed by atoms with van der Waals surface area (Å²) < 4.78 is 0. The first-order chi connectivity index (χ1) is 10.6. The monoisotopic (exact) mass is 305 g/mol. The third-order valence-corrected chi connectivity index (χ3v) is 5.03. The van der Waals surface area contributed by atoms with E-state index in [-0.39, 0.29) is 22.4 Å². The zero-order valence-corrected chi connectivity index (χ0v) is 12.9. The molecule has 0 spiro atoms. The number of nitrogens with zero attached hydrogens (tertiary/aromatic N) is 2. The first kappa shape index (κ1) is 15.2. The van der Waals surface area contributed by atoms with Gasteiger partial charge in [0, 0.05) is 38.3 Å². The van der Waals surface area contributed by atoms with Crippen LogP contribution in [-0.4, -0.2) is 41.1 Å². The average molecular weight is 305 g/mol. The fraction of sp³-hybridized carbons (Fsp3) is 0.625. The summed E-state index contributed by atoms with van der Waals surface area (Å²) in [6.07, 6.45) is 3.34. The van der Waals surface area contributed by atoms with Gasteiger partial charge in [-0.2, -0.15) is 0 Å². The molecule has 0 radical (unpaired) electrons. The molecule has 1 aromatic carbocycles. The van der Waals surface area contributed by atoms with Gasteiger partial charge in [-0.05, 0) is 37.3 Å². The zero-order valence-electron chi connectivity index (χ0n) is 12.9. The molecule has 1 atom stereocenters. The highest BCUT2D eigenvalue weighted by molar-refractivity contribution is 5.55. The maximum Gasteiger partial charge on any atom is 0.277 e. The summed E-state index contributed by atoms with van der Waals surface area (Å²) in [6, 6.07) is 3.13. The van der Waals surface area contributed by atoms with E-state index in [1.807, 2.05) is 0 Å². The molecule has 1 aromatic rings. The summed E-state index contributed by atoms with van der Waals surface area (Å²) in [4.78, 5) is 13.4. The summed E-state index contributed by atoms with van der Waals surface area (Å²) in [5.41, 5.74) is 1.29. The standard InChI is InChI=1S/C16H23N3O3/c1-11-5-6-13(19(21)22)14(16(11)20)15(12-3-2-4-12)18-9-7-17-8-10-18/h5-6,12,15,17,20H,2-4,7-10H2,1H3/t15-/m0/s1. The normalized spacial score (nSPS) is 21.3. The number of hydrogen-bond donors (Lipinski definition) is 2. The van der Waals surface area contributed by atoms with Crippen LogP contribution in [0.3, 0.4) is 0 Å². The van der Waals surface area contributed by atoms with Crippen LogP contribution in [-0.2, 0) is 0 Å². The molecular formula is C16H23N3O3. The highest BCUT2D eigenvalue weighted by Gasteiger charge is 2.39. The minimum Gasteiger partial charge on any atom is -0.507 e. The lowest BCUT2D eigenvalue weighted by Gasteiger charge is -2.43. The number of benzene rings is 1. The molecule has 6 nitrogen and oxygen atoms in total. The summed E-state index contributed by atoms with van der Waals surface area (Å²) in [7, 11) is 0. The van der Waals surface area contributed by atoms with E-state index in [9.17, 15) is 15.2 Å². The van der Waals surface area contributed by atoms with Crippen LogP contribution in [0.5, 0.6) is 5.75 Å². The van der Waals surface area contributed by atoms with Crippen molar-refractivity contribution in [3.63, 3.8) is 0 Å². The van der Waals surface area contributed by atoms with Gasteiger partial charge >= 0.3 is 0 Å². The summed E-state index contributed by atoms with van der Waals surface area (Å²) in [6.45, 7) is 5.32. The molecule has 2 fully saturated rings. The van der Waals surface area contributed by atoms with E-state index in [1.165, 1.54) is 12.5 Å². The minimum absolute atomic E-state index is 0.0452. The second kappa shape index (κ2) is 6.22. The maximum atomic E-state index is 11.5. The van der Waals surface area contributed by atoms with Gasteiger partial charge in [-0.15, -0.1) is 0 Å². The Labute approximate surface area is 130 Å². The van der Waals surface area contributed by atoms with Crippen molar-refractivity contribution in [2.75, 3.05) is 26.2 Å². The second-order valence-corrected chi connectivity index (χ2v) is 6.34. The van der Waals surface area contributed by atoms with E-state index in [0.29, 0.717) is 17.0 Å². The summed E-state index contributed by atoms with van der Waals surface area (Å²) in [5, 5.41) is 25.3. The van der Waals surface area contributed by atoms with Gasteiger partial charge in [0.05, 0.1) is 10.5 Å². The van der Waals surface area contributed by atoms with Gasteiger partial charge < -0.3 is 10.4 Å². The lowest BCUT2D eigenvalue weighted by atomic mass is 9.75. The Kier molecular flexibility index (Phi) is 4.31. The fourth-order valence-corrected chi connectivity index (χ4v) is 3.59. The molecule has 0 bridgehead atoms. The molecule has 1 saturated carbocycles. The lowest BCUT2D eigenvalue weighted by molar-refractivity contribution is -0.386. The Morgan fingerprint density at radius 2 is 2.05 bits per heavy atom. The van der Waals surface area contributed by atoms with Crippen LogP contribution in [0.2, 0.25) is 0 Å². The third kappa shape index (κ3) is 2.68. The van der Waals surface area contributed by atoms with Gasteiger partial charge in [0.25, 0.3) is 5.69 Å². The third-order valence-electron chi connectivity index (χ3n) is 5.03. The smallest absolute Gasteiger partial charge is 0.277 e. The quantitative estimate of drug-likeness (QED) is 0.659. The molecular weight excluding hydrogens is 282 g/mol.